The van der Waals surface area contributed by atoms with Gasteiger partial charge in [-0.3, -0.25) is 14.4 Å². The van der Waals surface area contributed by atoms with Gasteiger partial charge >= 0.3 is 11.9 Å². The van der Waals surface area contributed by atoms with Crippen molar-refractivity contribution in [2.45, 2.75) is 18.6 Å². The molecule has 1 heterocycles. The lowest BCUT2D eigenvalue weighted by Gasteiger charge is -2.49. The van der Waals surface area contributed by atoms with E-state index >= 15 is 0 Å². The summed E-state index contributed by atoms with van der Waals surface area (Å²) in [4.78, 5) is 33.4. The van der Waals surface area contributed by atoms with Crippen LogP contribution in [-0.4, -0.2) is 26.2 Å². The lowest BCUT2D eigenvalue weighted by Crippen LogP contribution is -2.56. The summed E-state index contributed by atoms with van der Waals surface area (Å²) in [5, 5.41) is 2.14. The molecule has 33 heavy (non-hydrogen) atoms. The molecule has 2 atom stereocenters. The molecule has 0 aromatic heterocycles. The number of halogens is 1. The summed E-state index contributed by atoms with van der Waals surface area (Å²) in [5.41, 5.74) is 0.456. The molecule has 0 radical (unpaired) electrons. The Labute approximate surface area is 197 Å². The average Bonchev–Trinajstić information content (AvgIpc) is 2.88. The van der Waals surface area contributed by atoms with E-state index in [9.17, 15) is 9.59 Å². The average molecular weight is 466 g/mol. The number of para-hydroxylation sites is 1. The quantitative estimate of drug-likeness (QED) is 0.376. The van der Waals surface area contributed by atoms with Gasteiger partial charge < -0.3 is 9.47 Å². The standard InChI is InChI=1S/C26H24ClNO5/c1-31-24(29)26(25(30)32-2)17-22(18-9-5-3-6-10-18)33-28(21-11-7-4-8-12-21)23(26)19-13-15-20(27)16-14-19/h3-16,22-23H,17H2,1-2H3. The number of methoxy groups -OCH3 is 2. The number of carbonyl (C=O) groups is 2. The molecular formula is C26H24ClNO5. The maximum atomic E-state index is 13.5. The molecule has 0 amide bonds. The molecule has 170 valence electrons. The Kier molecular flexibility index (Phi) is 6.67. The van der Waals surface area contributed by atoms with E-state index in [1.165, 1.54) is 14.2 Å². The van der Waals surface area contributed by atoms with Crippen LogP contribution in [0.25, 0.3) is 0 Å². The second-order valence-electron chi connectivity index (χ2n) is 7.78. The minimum Gasteiger partial charge on any atom is -0.468 e. The summed E-state index contributed by atoms with van der Waals surface area (Å²) in [7, 11) is 2.54. The minimum atomic E-state index is -1.70. The van der Waals surface area contributed by atoms with E-state index in [0.29, 0.717) is 16.3 Å². The number of anilines is 1. The van der Waals surface area contributed by atoms with Crippen LogP contribution in [-0.2, 0) is 23.9 Å². The number of carbonyl (C=O) groups excluding carboxylic acids is 2. The highest BCUT2D eigenvalue weighted by atomic mass is 35.5. The van der Waals surface area contributed by atoms with Crippen molar-refractivity contribution in [2.75, 3.05) is 19.3 Å². The van der Waals surface area contributed by atoms with Crippen LogP contribution in [0.5, 0.6) is 0 Å². The van der Waals surface area contributed by atoms with Gasteiger partial charge in [0.05, 0.1) is 19.9 Å². The molecule has 0 saturated carbocycles. The zero-order valence-corrected chi connectivity index (χ0v) is 19.1. The van der Waals surface area contributed by atoms with E-state index in [1.54, 1.807) is 29.3 Å². The first-order valence-corrected chi connectivity index (χ1v) is 10.9. The van der Waals surface area contributed by atoms with Crippen LogP contribution in [0.2, 0.25) is 5.02 Å². The highest BCUT2D eigenvalue weighted by molar-refractivity contribution is 6.30. The zero-order chi connectivity index (χ0) is 23.4. The summed E-state index contributed by atoms with van der Waals surface area (Å²) < 4.78 is 10.4. The van der Waals surface area contributed by atoms with Gasteiger partial charge in [0.2, 0.25) is 0 Å². The largest absolute Gasteiger partial charge is 0.468 e. The fourth-order valence-corrected chi connectivity index (χ4v) is 4.50. The molecule has 1 aliphatic rings. The van der Waals surface area contributed by atoms with E-state index in [1.807, 2.05) is 60.7 Å². The van der Waals surface area contributed by atoms with Gasteiger partial charge in [-0.25, -0.2) is 5.06 Å². The molecule has 0 spiro atoms. The predicted octanol–water partition coefficient (Wildman–Crippen LogP) is 5.30. The molecule has 4 rings (SSSR count). The summed E-state index contributed by atoms with van der Waals surface area (Å²) in [5.74, 6) is -1.39. The Bertz CT molecular complexity index is 1090. The molecule has 6 nitrogen and oxygen atoms in total. The van der Waals surface area contributed by atoms with Crippen molar-refractivity contribution in [2.24, 2.45) is 5.41 Å². The van der Waals surface area contributed by atoms with Gasteiger partial charge in [-0.15, -0.1) is 0 Å². The first-order chi connectivity index (χ1) is 16.0. The van der Waals surface area contributed by atoms with Gasteiger partial charge in [0.25, 0.3) is 0 Å². The topological polar surface area (TPSA) is 65.1 Å². The van der Waals surface area contributed by atoms with Gasteiger partial charge in [0.1, 0.15) is 12.1 Å². The number of esters is 2. The second kappa shape index (κ2) is 9.65. The van der Waals surface area contributed by atoms with Crippen LogP contribution < -0.4 is 5.06 Å². The molecule has 1 saturated heterocycles. The first kappa shape index (κ1) is 22.8. The zero-order valence-electron chi connectivity index (χ0n) is 18.3. The summed E-state index contributed by atoms with van der Waals surface area (Å²) in [6.45, 7) is 0. The normalized spacial score (nSPS) is 19.5. The number of hydrogen-bond acceptors (Lipinski definition) is 6. The molecule has 3 aromatic carbocycles. The van der Waals surface area contributed by atoms with Gasteiger partial charge in [-0.05, 0) is 35.4 Å². The van der Waals surface area contributed by atoms with Crippen LogP contribution in [0.15, 0.2) is 84.9 Å². The van der Waals surface area contributed by atoms with Crippen LogP contribution in [0.1, 0.15) is 29.7 Å². The Morgan fingerprint density at radius 2 is 1.39 bits per heavy atom. The van der Waals surface area contributed by atoms with Crippen molar-refractivity contribution in [1.82, 2.24) is 0 Å². The van der Waals surface area contributed by atoms with E-state index in [2.05, 4.69) is 0 Å². The number of nitrogens with zero attached hydrogens (tertiary/aromatic N) is 1. The number of hydrogen-bond donors (Lipinski definition) is 0. The Balaban J connectivity index is 1.97. The van der Waals surface area contributed by atoms with E-state index in [-0.39, 0.29) is 6.42 Å². The molecule has 2 unspecified atom stereocenters. The lowest BCUT2D eigenvalue weighted by atomic mass is 9.70. The highest BCUT2D eigenvalue weighted by Gasteiger charge is 2.62. The van der Waals surface area contributed by atoms with Gasteiger partial charge in [-0.1, -0.05) is 72.3 Å². The maximum absolute atomic E-state index is 13.5. The fraction of sp³-hybridized carbons (Fsp3) is 0.231. The van der Waals surface area contributed by atoms with Crippen LogP contribution >= 0.6 is 11.6 Å². The molecule has 1 aliphatic heterocycles. The Hall–Kier alpha value is -3.35. The number of rotatable bonds is 5. The van der Waals surface area contributed by atoms with Crippen LogP contribution in [0.4, 0.5) is 5.69 Å². The smallest absolute Gasteiger partial charge is 0.325 e. The fourth-order valence-electron chi connectivity index (χ4n) is 4.37. The van der Waals surface area contributed by atoms with Crippen molar-refractivity contribution in [3.8, 4) is 0 Å². The third-order valence-corrected chi connectivity index (χ3v) is 6.17. The van der Waals surface area contributed by atoms with Gasteiger partial charge in [-0.2, -0.15) is 0 Å². The molecule has 0 aliphatic carbocycles. The maximum Gasteiger partial charge on any atom is 0.325 e. The van der Waals surface area contributed by atoms with E-state index < -0.39 is 29.5 Å². The van der Waals surface area contributed by atoms with Crippen LogP contribution in [0.3, 0.4) is 0 Å². The van der Waals surface area contributed by atoms with Crippen LogP contribution in [0, 0.1) is 5.41 Å². The first-order valence-electron chi connectivity index (χ1n) is 10.5. The van der Waals surface area contributed by atoms with Gasteiger partial charge in [0, 0.05) is 11.4 Å². The minimum absolute atomic E-state index is 0.0347. The molecule has 0 bridgehead atoms. The molecule has 7 heteroatoms. The van der Waals surface area contributed by atoms with Gasteiger partial charge in [0.15, 0.2) is 5.41 Å². The molecule has 1 fully saturated rings. The third-order valence-electron chi connectivity index (χ3n) is 5.92. The molecular weight excluding hydrogens is 442 g/mol. The third kappa shape index (κ3) is 4.19. The summed E-state index contributed by atoms with van der Waals surface area (Å²) in [6, 6.07) is 24.9. The molecule has 0 N–H and O–H groups in total. The van der Waals surface area contributed by atoms with Crippen molar-refractivity contribution >= 4 is 29.2 Å². The summed E-state index contributed by atoms with van der Waals surface area (Å²) in [6.07, 6.45) is -0.569. The van der Waals surface area contributed by atoms with Crippen molar-refractivity contribution < 1.29 is 23.9 Å². The monoisotopic (exact) mass is 465 g/mol. The number of hydroxylamine groups is 1. The Morgan fingerprint density at radius 1 is 0.848 bits per heavy atom. The van der Waals surface area contributed by atoms with Crippen molar-refractivity contribution in [3.05, 3.63) is 101 Å². The molecule has 3 aromatic rings. The van der Waals surface area contributed by atoms with E-state index in [4.69, 9.17) is 25.9 Å². The van der Waals surface area contributed by atoms with E-state index in [0.717, 1.165) is 5.56 Å². The predicted molar refractivity (Wildman–Crippen MR) is 124 cm³/mol. The highest BCUT2D eigenvalue weighted by Crippen LogP contribution is 2.53. The number of ether oxygens (including phenoxy) is 2. The Morgan fingerprint density at radius 3 is 1.94 bits per heavy atom. The second-order valence-corrected chi connectivity index (χ2v) is 8.22. The van der Waals surface area contributed by atoms with Crippen molar-refractivity contribution in [3.63, 3.8) is 0 Å². The summed E-state index contributed by atoms with van der Waals surface area (Å²) >= 11 is 6.13. The lowest BCUT2D eigenvalue weighted by molar-refractivity contribution is -0.186. The SMILES string of the molecule is COC(=O)C1(C(=O)OC)CC(c2ccccc2)ON(c2ccccc2)C1c1ccc(Cl)cc1. The number of benzene rings is 3. The van der Waals surface area contributed by atoms with Crippen molar-refractivity contribution in [1.29, 1.82) is 0 Å².